The summed E-state index contributed by atoms with van der Waals surface area (Å²) in [6.07, 6.45) is 0.752. The highest BCUT2D eigenvalue weighted by molar-refractivity contribution is 7.46. The van der Waals surface area contributed by atoms with Crippen molar-refractivity contribution in [3.05, 3.63) is 42.1 Å². The zero-order valence-corrected chi connectivity index (χ0v) is 14.1. The number of rotatable bonds is 6. The van der Waals surface area contributed by atoms with Gasteiger partial charge in [0.1, 0.15) is 0 Å². The maximum atomic E-state index is 5.60. The number of fused-ring (bicyclic) bond motifs is 1. The second-order valence-corrected chi connectivity index (χ2v) is 5.73. The third-order valence-electron chi connectivity index (χ3n) is 2.49. The minimum Gasteiger partial charge on any atom is -0.388 e. The van der Waals surface area contributed by atoms with Crippen LogP contribution in [-0.2, 0) is 19.9 Å². The molecule has 2 rings (SSSR count). The summed E-state index contributed by atoms with van der Waals surface area (Å²) in [5, 5.41) is 1.17. The lowest BCUT2D eigenvalue weighted by molar-refractivity contribution is 0.268. The Labute approximate surface area is 128 Å². The second-order valence-electron chi connectivity index (χ2n) is 4.23. The van der Waals surface area contributed by atoms with Crippen LogP contribution in [-0.4, -0.2) is 32.4 Å². The Morgan fingerprint density at radius 1 is 0.952 bits per heavy atom. The van der Waals surface area contributed by atoms with E-state index in [1.54, 1.807) is 14.2 Å². The van der Waals surface area contributed by atoms with Crippen LogP contribution in [0.3, 0.4) is 0 Å². The summed E-state index contributed by atoms with van der Waals surface area (Å²) in [7, 11) is 2.39. The molecule has 21 heavy (non-hydrogen) atoms. The van der Waals surface area contributed by atoms with Gasteiger partial charge in [0, 0.05) is 25.3 Å². The fraction of sp³-hybridized carbons (Fsp3) is 0.438. The smallest absolute Gasteiger partial charge is 0.176 e. The van der Waals surface area contributed by atoms with Gasteiger partial charge in [-0.05, 0) is 26.0 Å². The van der Waals surface area contributed by atoms with Crippen LogP contribution >= 0.6 is 8.38 Å². The van der Waals surface area contributed by atoms with Crippen LogP contribution in [0.2, 0.25) is 0 Å². The SMILES string of the molecule is CCOP(Cc1ccc2ccccc2n1)OCC.COC. The highest BCUT2D eigenvalue weighted by Gasteiger charge is 2.11. The summed E-state index contributed by atoms with van der Waals surface area (Å²) in [6.45, 7) is 5.34. The summed E-state index contributed by atoms with van der Waals surface area (Å²) in [6, 6.07) is 12.3. The first-order valence-corrected chi connectivity index (χ1v) is 8.39. The van der Waals surface area contributed by atoms with Crippen LogP contribution in [0.25, 0.3) is 10.9 Å². The van der Waals surface area contributed by atoms with Gasteiger partial charge in [-0.3, -0.25) is 4.98 Å². The highest BCUT2D eigenvalue weighted by atomic mass is 31.2. The van der Waals surface area contributed by atoms with Crippen LogP contribution in [0.5, 0.6) is 0 Å². The molecule has 0 spiro atoms. The first-order chi connectivity index (χ1) is 10.2. The summed E-state index contributed by atoms with van der Waals surface area (Å²) in [5.74, 6) is 0. The molecule has 0 saturated heterocycles. The van der Waals surface area contributed by atoms with Crippen molar-refractivity contribution < 1.29 is 13.8 Å². The third kappa shape index (κ3) is 6.49. The average Bonchev–Trinajstić information content (AvgIpc) is 2.48. The third-order valence-corrected chi connectivity index (χ3v) is 4.17. The van der Waals surface area contributed by atoms with Crippen molar-refractivity contribution >= 4 is 19.3 Å². The van der Waals surface area contributed by atoms with Gasteiger partial charge < -0.3 is 13.8 Å². The number of ether oxygens (including phenoxy) is 1. The molecule has 1 aromatic carbocycles. The maximum Gasteiger partial charge on any atom is 0.176 e. The van der Waals surface area contributed by atoms with Gasteiger partial charge in [0.15, 0.2) is 8.38 Å². The first kappa shape index (κ1) is 18.0. The Morgan fingerprint density at radius 2 is 1.57 bits per heavy atom. The van der Waals surface area contributed by atoms with Crippen molar-refractivity contribution in [3.8, 4) is 0 Å². The molecule has 0 bridgehead atoms. The summed E-state index contributed by atoms with van der Waals surface area (Å²) in [5.41, 5.74) is 2.06. The number of hydrogen-bond acceptors (Lipinski definition) is 4. The Morgan fingerprint density at radius 3 is 2.19 bits per heavy atom. The molecule has 1 aromatic heterocycles. The second kappa shape index (κ2) is 10.6. The Bertz CT molecular complexity index is 516. The van der Waals surface area contributed by atoms with E-state index < -0.39 is 8.38 Å². The summed E-state index contributed by atoms with van der Waals surface area (Å²) >= 11 is 0. The zero-order chi connectivity index (χ0) is 15.5. The molecule has 0 unspecified atom stereocenters. The highest BCUT2D eigenvalue weighted by Crippen LogP contribution is 2.41. The minimum absolute atomic E-state index is 0.680. The number of nitrogens with zero attached hydrogens (tertiary/aromatic N) is 1. The number of hydrogen-bond donors (Lipinski definition) is 0. The first-order valence-electron chi connectivity index (χ1n) is 7.03. The maximum absolute atomic E-state index is 5.60. The lowest BCUT2D eigenvalue weighted by Crippen LogP contribution is -1.96. The van der Waals surface area contributed by atoms with Crippen LogP contribution in [0.1, 0.15) is 19.5 Å². The molecule has 0 amide bonds. The van der Waals surface area contributed by atoms with E-state index in [-0.39, 0.29) is 0 Å². The van der Waals surface area contributed by atoms with Gasteiger partial charge in [-0.25, -0.2) is 0 Å². The van der Waals surface area contributed by atoms with Gasteiger partial charge >= 0.3 is 0 Å². The largest absolute Gasteiger partial charge is 0.388 e. The van der Waals surface area contributed by atoms with Gasteiger partial charge in [-0.15, -0.1) is 0 Å². The van der Waals surface area contributed by atoms with E-state index in [0.717, 1.165) is 17.4 Å². The van der Waals surface area contributed by atoms with E-state index in [0.29, 0.717) is 13.2 Å². The molecule has 5 heteroatoms. The molecule has 0 atom stereocenters. The van der Waals surface area contributed by atoms with Crippen molar-refractivity contribution in [2.45, 2.75) is 20.0 Å². The molecule has 0 saturated carbocycles. The molecule has 4 nitrogen and oxygen atoms in total. The van der Waals surface area contributed by atoms with Crippen molar-refractivity contribution in [1.82, 2.24) is 4.98 Å². The Balaban J connectivity index is 0.000000677. The van der Waals surface area contributed by atoms with E-state index in [1.807, 2.05) is 32.0 Å². The Kier molecular flexibility index (Phi) is 9.11. The number of methoxy groups -OCH3 is 1. The summed E-state index contributed by atoms with van der Waals surface area (Å²) < 4.78 is 15.5. The van der Waals surface area contributed by atoms with Crippen molar-refractivity contribution in [2.75, 3.05) is 27.4 Å². The van der Waals surface area contributed by atoms with E-state index >= 15 is 0 Å². The average molecular weight is 309 g/mol. The fourth-order valence-corrected chi connectivity index (χ4v) is 3.02. The van der Waals surface area contributed by atoms with Gasteiger partial charge in [0.05, 0.1) is 24.9 Å². The fourth-order valence-electron chi connectivity index (χ4n) is 1.75. The quantitative estimate of drug-likeness (QED) is 0.742. The number of aromatic nitrogens is 1. The number of para-hydroxylation sites is 1. The molecule has 116 valence electrons. The minimum atomic E-state index is -0.855. The van der Waals surface area contributed by atoms with Crippen molar-refractivity contribution in [3.63, 3.8) is 0 Å². The predicted molar refractivity (Wildman–Crippen MR) is 88.6 cm³/mol. The molecule has 0 fully saturated rings. The normalized spacial score (nSPS) is 10.5. The molecule has 0 aliphatic rings. The molecule has 0 radical (unpaired) electrons. The molecule has 0 aliphatic heterocycles. The Hall–Kier alpha value is -1.06. The van der Waals surface area contributed by atoms with Crippen LogP contribution in [0.15, 0.2) is 36.4 Å². The standard InChI is InChI=1S/C14H18NO2P.C2H6O/c1-3-16-18(17-4-2)11-13-10-9-12-7-5-6-8-14(12)15-13;1-3-2/h5-10H,3-4,11H2,1-2H3;1-2H3. The molecule has 2 aromatic rings. The topological polar surface area (TPSA) is 40.6 Å². The van der Waals surface area contributed by atoms with Gasteiger partial charge in [0.25, 0.3) is 0 Å². The lowest BCUT2D eigenvalue weighted by Gasteiger charge is -2.15. The number of pyridine rings is 1. The molecule has 0 aliphatic carbocycles. The lowest BCUT2D eigenvalue weighted by atomic mass is 10.2. The van der Waals surface area contributed by atoms with Gasteiger partial charge in [-0.2, -0.15) is 0 Å². The van der Waals surface area contributed by atoms with E-state index in [9.17, 15) is 0 Å². The van der Waals surface area contributed by atoms with Crippen LogP contribution in [0.4, 0.5) is 0 Å². The van der Waals surface area contributed by atoms with E-state index in [1.165, 1.54) is 5.39 Å². The number of benzene rings is 1. The van der Waals surface area contributed by atoms with Crippen molar-refractivity contribution in [2.24, 2.45) is 0 Å². The molecule has 1 heterocycles. The van der Waals surface area contributed by atoms with Crippen LogP contribution in [0, 0.1) is 0 Å². The zero-order valence-electron chi connectivity index (χ0n) is 13.2. The van der Waals surface area contributed by atoms with E-state index in [2.05, 4.69) is 27.9 Å². The molecule has 0 N–H and O–H groups in total. The predicted octanol–water partition coefficient (Wildman–Crippen LogP) is 4.38. The molecular weight excluding hydrogens is 285 g/mol. The van der Waals surface area contributed by atoms with E-state index in [4.69, 9.17) is 9.05 Å². The van der Waals surface area contributed by atoms with Crippen LogP contribution < -0.4 is 0 Å². The summed E-state index contributed by atoms with van der Waals surface area (Å²) in [4.78, 5) is 4.64. The monoisotopic (exact) mass is 309 g/mol. The van der Waals surface area contributed by atoms with Crippen molar-refractivity contribution in [1.29, 1.82) is 0 Å². The van der Waals surface area contributed by atoms with Gasteiger partial charge in [-0.1, -0.05) is 24.3 Å². The molecular formula is C16H24NO3P. The van der Waals surface area contributed by atoms with Gasteiger partial charge in [0.2, 0.25) is 0 Å².